The van der Waals surface area contributed by atoms with E-state index in [1.54, 1.807) is 12.4 Å². The normalized spacial score (nSPS) is 16.9. The highest BCUT2D eigenvalue weighted by Crippen LogP contribution is 2.26. The molecule has 31 heavy (non-hydrogen) atoms. The van der Waals surface area contributed by atoms with E-state index in [9.17, 15) is 14.7 Å². The number of hydrogen-bond acceptors (Lipinski definition) is 6. The largest absolute Gasteiger partial charge is 0.394 e. The summed E-state index contributed by atoms with van der Waals surface area (Å²) in [5.41, 5.74) is 1.03. The summed E-state index contributed by atoms with van der Waals surface area (Å²) in [6.07, 6.45) is 7.27. The molecule has 2 aromatic rings. The van der Waals surface area contributed by atoms with Crippen LogP contribution in [0.1, 0.15) is 50.4 Å². The molecular weight excluding hydrogens is 396 g/mol. The van der Waals surface area contributed by atoms with Crippen molar-refractivity contribution in [3.8, 4) is 0 Å². The SMILES string of the molecule is C=CC(=O)N1CCN(c2cnc3[nH]cc(C(=O)N[C@@H](CO)CCCC)c3n2)CC1(C)C. The maximum Gasteiger partial charge on any atom is 0.255 e. The van der Waals surface area contributed by atoms with E-state index in [0.717, 1.165) is 19.3 Å². The summed E-state index contributed by atoms with van der Waals surface area (Å²) in [6, 6.07) is -0.287. The first-order valence-corrected chi connectivity index (χ1v) is 10.8. The van der Waals surface area contributed by atoms with Gasteiger partial charge in [-0.15, -0.1) is 0 Å². The first-order valence-electron chi connectivity index (χ1n) is 10.8. The van der Waals surface area contributed by atoms with Crippen LogP contribution in [0.15, 0.2) is 25.0 Å². The number of carbonyl (C=O) groups excluding carboxylic acids is 2. The lowest BCUT2D eigenvalue weighted by Gasteiger charge is -2.47. The molecule has 1 aliphatic rings. The van der Waals surface area contributed by atoms with Gasteiger partial charge in [0.15, 0.2) is 5.65 Å². The van der Waals surface area contributed by atoms with Gasteiger partial charge in [0.2, 0.25) is 5.91 Å². The number of hydrogen-bond donors (Lipinski definition) is 3. The van der Waals surface area contributed by atoms with E-state index < -0.39 is 5.54 Å². The second-order valence-electron chi connectivity index (χ2n) is 8.55. The molecule has 9 nitrogen and oxygen atoms in total. The Morgan fingerprint density at radius 2 is 2.19 bits per heavy atom. The minimum Gasteiger partial charge on any atom is -0.394 e. The standard InChI is InChI=1S/C22H32N6O3/c1-5-7-8-15(13-29)25-21(31)16-11-23-20-19(16)26-17(12-24-20)27-9-10-28(18(30)6-2)22(3,4)14-27/h6,11-12,15,29H,2,5,7-10,13-14H2,1,3-4H3,(H,23,24)(H,25,31)/t15-/m1/s1. The predicted molar refractivity (Wildman–Crippen MR) is 120 cm³/mol. The Labute approximate surface area is 182 Å². The van der Waals surface area contributed by atoms with Gasteiger partial charge in [-0.3, -0.25) is 9.59 Å². The molecule has 3 heterocycles. The Morgan fingerprint density at radius 1 is 1.42 bits per heavy atom. The van der Waals surface area contributed by atoms with Gasteiger partial charge < -0.3 is 25.2 Å². The monoisotopic (exact) mass is 428 g/mol. The van der Waals surface area contributed by atoms with E-state index in [2.05, 4.69) is 33.7 Å². The number of H-pyrrole nitrogens is 1. The molecule has 0 bridgehead atoms. The number of nitrogens with zero attached hydrogens (tertiary/aromatic N) is 4. The van der Waals surface area contributed by atoms with E-state index in [0.29, 0.717) is 42.2 Å². The molecule has 0 aliphatic carbocycles. The Bertz CT molecular complexity index is 954. The third-order valence-electron chi connectivity index (χ3n) is 5.74. The van der Waals surface area contributed by atoms with E-state index in [4.69, 9.17) is 4.98 Å². The molecule has 1 aliphatic heterocycles. The Hall–Kier alpha value is -2.94. The van der Waals surface area contributed by atoms with Crippen LogP contribution in [0.3, 0.4) is 0 Å². The molecule has 2 amide bonds. The fourth-order valence-electron chi connectivity index (χ4n) is 4.00. The number of nitrogens with one attached hydrogen (secondary N) is 2. The number of aromatic nitrogens is 3. The zero-order valence-corrected chi connectivity index (χ0v) is 18.5. The number of rotatable bonds is 8. The van der Waals surface area contributed by atoms with E-state index >= 15 is 0 Å². The average molecular weight is 429 g/mol. The van der Waals surface area contributed by atoms with Crippen LogP contribution < -0.4 is 10.2 Å². The molecule has 3 rings (SSSR count). The van der Waals surface area contributed by atoms with E-state index in [1.165, 1.54) is 6.08 Å². The first kappa shape index (κ1) is 22.7. The van der Waals surface area contributed by atoms with Gasteiger partial charge in [0.1, 0.15) is 11.3 Å². The molecule has 0 spiro atoms. The number of amides is 2. The van der Waals surface area contributed by atoms with Crippen molar-refractivity contribution >= 4 is 28.8 Å². The Kier molecular flexibility index (Phi) is 6.94. The van der Waals surface area contributed by atoms with Crippen LogP contribution in [0, 0.1) is 0 Å². The molecule has 2 aromatic heterocycles. The molecule has 0 unspecified atom stereocenters. The van der Waals surface area contributed by atoms with Crippen molar-refractivity contribution < 1.29 is 14.7 Å². The summed E-state index contributed by atoms with van der Waals surface area (Å²) in [6.45, 7) is 11.3. The number of aromatic amines is 1. The van der Waals surface area contributed by atoms with Gasteiger partial charge in [-0.25, -0.2) is 9.97 Å². The van der Waals surface area contributed by atoms with Crippen molar-refractivity contribution in [2.45, 2.75) is 51.6 Å². The van der Waals surface area contributed by atoms with Crippen molar-refractivity contribution in [3.05, 3.63) is 30.6 Å². The molecule has 168 valence electrons. The van der Waals surface area contributed by atoms with Gasteiger partial charge in [-0.2, -0.15) is 0 Å². The van der Waals surface area contributed by atoms with E-state index in [1.807, 2.05) is 18.7 Å². The van der Waals surface area contributed by atoms with Gasteiger partial charge in [0.25, 0.3) is 5.91 Å². The van der Waals surface area contributed by atoms with Gasteiger partial charge in [0, 0.05) is 25.8 Å². The number of anilines is 1. The summed E-state index contributed by atoms with van der Waals surface area (Å²) in [5.74, 6) is 0.288. The highest BCUT2D eigenvalue weighted by Gasteiger charge is 2.36. The third-order valence-corrected chi connectivity index (χ3v) is 5.74. The van der Waals surface area contributed by atoms with Gasteiger partial charge in [-0.05, 0) is 26.3 Å². The van der Waals surface area contributed by atoms with Crippen LogP contribution in [0.4, 0.5) is 5.82 Å². The average Bonchev–Trinajstić information content (AvgIpc) is 3.18. The van der Waals surface area contributed by atoms with E-state index in [-0.39, 0.29) is 24.5 Å². The molecule has 1 saturated heterocycles. The summed E-state index contributed by atoms with van der Waals surface area (Å²) >= 11 is 0. The summed E-state index contributed by atoms with van der Waals surface area (Å²) in [4.78, 5) is 41.0. The summed E-state index contributed by atoms with van der Waals surface area (Å²) in [7, 11) is 0. The van der Waals surface area contributed by atoms with Crippen LogP contribution in [-0.4, -0.2) is 74.6 Å². The first-order chi connectivity index (χ1) is 14.8. The fourth-order valence-corrected chi connectivity index (χ4v) is 4.00. The molecule has 0 aromatic carbocycles. The maximum absolute atomic E-state index is 12.8. The molecule has 0 radical (unpaired) electrons. The fraction of sp³-hybridized carbons (Fsp3) is 0.545. The van der Waals surface area contributed by atoms with Gasteiger partial charge >= 0.3 is 0 Å². The van der Waals surface area contributed by atoms with Crippen LogP contribution in [0.2, 0.25) is 0 Å². The number of aliphatic hydroxyl groups excluding tert-OH is 1. The number of piperazine rings is 1. The minimum absolute atomic E-state index is 0.0858. The lowest BCUT2D eigenvalue weighted by atomic mass is 9.98. The maximum atomic E-state index is 12.8. The molecule has 0 saturated carbocycles. The Balaban J connectivity index is 1.81. The minimum atomic E-state index is -0.397. The second kappa shape index (κ2) is 9.47. The predicted octanol–water partition coefficient (Wildman–Crippen LogP) is 1.85. The highest BCUT2D eigenvalue weighted by molar-refractivity contribution is 6.04. The van der Waals surface area contributed by atoms with Crippen LogP contribution in [-0.2, 0) is 4.79 Å². The van der Waals surface area contributed by atoms with Crippen molar-refractivity contribution in [3.63, 3.8) is 0 Å². The molecule has 3 N–H and O–H groups in total. The molecule has 1 fully saturated rings. The zero-order valence-electron chi connectivity index (χ0n) is 18.5. The van der Waals surface area contributed by atoms with Crippen LogP contribution >= 0.6 is 0 Å². The van der Waals surface area contributed by atoms with Gasteiger partial charge in [0.05, 0.1) is 29.9 Å². The topological polar surface area (TPSA) is 114 Å². The highest BCUT2D eigenvalue weighted by atomic mass is 16.3. The lowest BCUT2D eigenvalue weighted by Crippen LogP contribution is -2.61. The van der Waals surface area contributed by atoms with Crippen molar-refractivity contribution in [2.75, 3.05) is 31.1 Å². The lowest BCUT2D eigenvalue weighted by molar-refractivity contribution is -0.131. The van der Waals surface area contributed by atoms with Crippen LogP contribution in [0.5, 0.6) is 0 Å². The number of carbonyl (C=O) groups is 2. The number of fused-ring (bicyclic) bond motifs is 1. The molecule has 9 heteroatoms. The summed E-state index contributed by atoms with van der Waals surface area (Å²) < 4.78 is 0. The molecular formula is C22H32N6O3. The Morgan fingerprint density at radius 3 is 2.84 bits per heavy atom. The summed E-state index contributed by atoms with van der Waals surface area (Å²) in [5, 5.41) is 12.5. The number of aliphatic hydroxyl groups is 1. The van der Waals surface area contributed by atoms with Crippen molar-refractivity contribution in [2.24, 2.45) is 0 Å². The zero-order chi connectivity index (χ0) is 22.6. The second-order valence-corrected chi connectivity index (χ2v) is 8.55. The number of unbranched alkanes of at least 4 members (excludes halogenated alkanes) is 1. The third kappa shape index (κ3) is 4.87. The van der Waals surface area contributed by atoms with Crippen LogP contribution in [0.25, 0.3) is 11.2 Å². The van der Waals surface area contributed by atoms with Crippen molar-refractivity contribution in [1.82, 2.24) is 25.2 Å². The van der Waals surface area contributed by atoms with Crippen molar-refractivity contribution in [1.29, 1.82) is 0 Å². The van der Waals surface area contributed by atoms with Gasteiger partial charge in [-0.1, -0.05) is 26.3 Å². The smallest absolute Gasteiger partial charge is 0.255 e. The molecule has 1 atom stereocenters. The quantitative estimate of drug-likeness (QED) is 0.553.